The van der Waals surface area contributed by atoms with E-state index in [4.69, 9.17) is 0 Å². The molecule has 1 N–H and O–H groups in total. The number of hydrogen-bond acceptors (Lipinski definition) is 2. The van der Waals surface area contributed by atoms with Crippen molar-refractivity contribution in [3.63, 3.8) is 0 Å². The van der Waals surface area contributed by atoms with E-state index in [9.17, 15) is 4.79 Å². The fourth-order valence-electron chi connectivity index (χ4n) is 3.64. The second kappa shape index (κ2) is 6.48. The third-order valence-electron chi connectivity index (χ3n) is 4.84. The Morgan fingerprint density at radius 1 is 0.750 bits per heavy atom. The minimum absolute atomic E-state index is 0.679. The zero-order valence-electron chi connectivity index (χ0n) is 13.7. The molecular formula is C22H21NO. The van der Waals surface area contributed by atoms with Gasteiger partial charge in [-0.25, -0.2) is 0 Å². The van der Waals surface area contributed by atoms with E-state index in [0.29, 0.717) is 6.42 Å². The van der Waals surface area contributed by atoms with E-state index < -0.39 is 0 Å². The molecule has 4 aromatic rings. The van der Waals surface area contributed by atoms with Gasteiger partial charge in [0.15, 0.2) is 0 Å². The van der Waals surface area contributed by atoms with Crippen molar-refractivity contribution in [3.8, 4) is 0 Å². The van der Waals surface area contributed by atoms with Crippen molar-refractivity contribution in [1.82, 2.24) is 0 Å². The standard InChI is InChI=1S/C22H21NO/c24-15-4-2-1-3-14-23-20-13-11-18-9-8-16-6-5-7-17-10-12-19(20)22(18)21(16)17/h5-13,15,23H,1-4,14H2. The van der Waals surface area contributed by atoms with Gasteiger partial charge in [-0.3, -0.25) is 0 Å². The molecule has 0 radical (unpaired) electrons. The normalized spacial score (nSPS) is 11.5. The van der Waals surface area contributed by atoms with Crippen molar-refractivity contribution in [2.24, 2.45) is 0 Å². The number of carbonyl (C=O) groups is 1. The molecule has 0 aliphatic heterocycles. The monoisotopic (exact) mass is 315 g/mol. The van der Waals surface area contributed by atoms with Gasteiger partial charge in [-0.05, 0) is 45.8 Å². The van der Waals surface area contributed by atoms with Crippen LogP contribution in [0, 0.1) is 0 Å². The smallest absolute Gasteiger partial charge is 0.119 e. The van der Waals surface area contributed by atoms with Gasteiger partial charge in [0, 0.05) is 24.0 Å². The molecule has 0 saturated carbocycles. The second-order valence-corrected chi connectivity index (χ2v) is 6.41. The molecule has 0 aliphatic carbocycles. The summed E-state index contributed by atoms with van der Waals surface area (Å²) >= 11 is 0. The Balaban J connectivity index is 1.68. The third kappa shape index (κ3) is 2.58. The van der Waals surface area contributed by atoms with E-state index in [-0.39, 0.29) is 0 Å². The van der Waals surface area contributed by atoms with Crippen LogP contribution in [0.3, 0.4) is 0 Å². The fraction of sp³-hybridized carbons (Fsp3) is 0.227. The number of carbonyl (C=O) groups excluding carboxylic acids is 1. The fourth-order valence-corrected chi connectivity index (χ4v) is 3.64. The lowest BCUT2D eigenvalue weighted by molar-refractivity contribution is -0.107. The summed E-state index contributed by atoms with van der Waals surface area (Å²) in [5.74, 6) is 0. The van der Waals surface area contributed by atoms with Crippen LogP contribution in [0.2, 0.25) is 0 Å². The van der Waals surface area contributed by atoms with Crippen molar-refractivity contribution in [1.29, 1.82) is 0 Å². The van der Waals surface area contributed by atoms with Crippen LogP contribution >= 0.6 is 0 Å². The molecule has 0 spiro atoms. The quantitative estimate of drug-likeness (QED) is 0.267. The molecule has 24 heavy (non-hydrogen) atoms. The van der Waals surface area contributed by atoms with Gasteiger partial charge < -0.3 is 10.1 Å². The average molecular weight is 315 g/mol. The van der Waals surface area contributed by atoms with Crippen LogP contribution in [0.15, 0.2) is 54.6 Å². The first-order valence-corrected chi connectivity index (χ1v) is 8.72. The predicted molar refractivity (Wildman–Crippen MR) is 103 cm³/mol. The highest BCUT2D eigenvalue weighted by molar-refractivity contribution is 6.25. The zero-order chi connectivity index (χ0) is 16.4. The molecule has 0 saturated heterocycles. The van der Waals surface area contributed by atoms with Gasteiger partial charge in [-0.1, -0.05) is 55.0 Å². The highest BCUT2D eigenvalue weighted by Crippen LogP contribution is 2.37. The minimum atomic E-state index is 0.679. The summed E-state index contributed by atoms with van der Waals surface area (Å²) in [6, 6.07) is 19.8. The molecule has 0 bridgehead atoms. The summed E-state index contributed by atoms with van der Waals surface area (Å²) in [6.45, 7) is 0.947. The lowest BCUT2D eigenvalue weighted by Gasteiger charge is -2.15. The van der Waals surface area contributed by atoms with E-state index in [2.05, 4.69) is 59.9 Å². The molecule has 0 amide bonds. The van der Waals surface area contributed by atoms with Crippen molar-refractivity contribution in [2.45, 2.75) is 25.7 Å². The van der Waals surface area contributed by atoms with Gasteiger partial charge in [0.1, 0.15) is 6.29 Å². The van der Waals surface area contributed by atoms with Crippen molar-refractivity contribution in [3.05, 3.63) is 54.6 Å². The number of rotatable bonds is 7. The minimum Gasteiger partial charge on any atom is -0.385 e. The summed E-state index contributed by atoms with van der Waals surface area (Å²) < 4.78 is 0. The van der Waals surface area contributed by atoms with E-state index in [1.165, 1.54) is 38.0 Å². The average Bonchev–Trinajstić information content (AvgIpc) is 2.63. The molecule has 0 fully saturated rings. The summed E-state index contributed by atoms with van der Waals surface area (Å²) in [5, 5.41) is 11.5. The highest BCUT2D eigenvalue weighted by Gasteiger charge is 2.10. The largest absolute Gasteiger partial charge is 0.385 e. The summed E-state index contributed by atoms with van der Waals surface area (Å²) in [6.07, 6.45) is 4.87. The topological polar surface area (TPSA) is 29.1 Å². The Hall–Kier alpha value is -2.61. The van der Waals surface area contributed by atoms with Gasteiger partial charge in [0.25, 0.3) is 0 Å². The van der Waals surface area contributed by atoms with Gasteiger partial charge in [0.05, 0.1) is 0 Å². The van der Waals surface area contributed by atoms with Crippen LogP contribution in [0.25, 0.3) is 32.3 Å². The van der Waals surface area contributed by atoms with Gasteiger partial charge in [0.2, 0.25) is 0 Å². The maximum atomic E-state index is 10.4. The van der Waals surface area contributed by atoms with Crippen LogP contribution < -0.4 is 5.32 Å². The van der Waals surface area contributed by atoms with Crippen molar-refractivity contribution < 1.29 is 4.79 Å². The van der Waals surface area contributed by atoms with E-state index >= 15 is 0 Å². The molecular weight excluding hydrogens is 294 g/mol. The molecule has 120 valence electrons. The van der Waals surface area contributed by atoms with Crippen LogP contribution in [-0.2, 0) is 4.79 Å². The molecule has 0 unspecified atom stereocenters. The maximum absolute atomic E-state index is 10.4. The van der Waals surface area contributed by atoms with Crippen LogP contribution in [0.5, 0.6) is 0 Å². The number of hydrogen-bond donors (Lipinski definition) is 1. The molecule has 4 rings (SSSR count). The highest BCUT2D eigenvalue weighted by atomic mass is 16.1. The van der Waals surface area contributed by atoms with Crippen molar-refractivity contribution >= 4 is 44.3 Å². The Labute approximate surface area is 141 Å². The lowest BCUT2D eigenvalue weighted by Crippen LogP contribution is -2.02. The maximum Gasteiger partial charge on any atom is 0.119 e. The van der Waals surface area contributed by atoms with Crippen LogP contribution in [0.4, 0.5) is 5.69 Å². The van der Waals surface area contributed by atoms with E-state index in [1.807, 2.05) is 0 Å². The summed E-state index contributed by atoms with van der Waals surface area (Å²) in [7, 11) is 0. The Kier molecular flexibility index (Phi) is 4.04. The number of unbranched alkanes of at least 4 members (excludes halogenated alkanes) is 3. The van der Waals surface area contributed by atoms with Crippen LogP contribution in [0.1, 0.15) is 25.7 Å². The number of anilines is 1. The first kappa shape index (κ1) is 14.9. The van der Waals surface area contributed by atoms with Crippen LogP contribution in [-0.4, -0.2) is 12.8 Å². The predicted octanol–water partition coefficient (Wildman–Crippen LogP) is 5.76. The van der Waals surface area contributed by atoms with Gasteiger partial charge >= 0.3 is 0 Å². The molecule has 0 aromatic heterocycles. The SMILES string of the molecule is O=CCCCCCNc1ccc2ccc3cccc4ccc1c2c34. The molecule has 0 atom stereocenters. The van der Waals surface area contributed by atoms with Gasteiger partial charge in [-0.15, -0.1) is 0 Å². The van der Waals surface area contributed by atoms with E-state index in [1.54, 1.807) is 0 Å². The second-order valence-electron chi connectivity index (χ2n) is 6.41. The van der Waals surface area contributed by atoms with E-state index in [0.717, 1.165) is 32.1 Å². The molecule has 0 heterocycles. The Bertz CT molecular complexity index is 973. The number of nitrogens with one attached hydrogen (secondary N) is 1. The molecule has 0 aliphatic rings. The molecule has 2 nitrogen and oxygen atoms in total. The first-order valence-electron chi connectivity index (χ1n) is 8.72. The third-order valence-corrected chi connectivity index (χ3v) is 4.84. The van der Waals surface area contributed by atoms with Crippen molar-refractivity contribution in [2.75, 3.05) is 11.9 Å². The Morgan fingerprint density at radius 2 is 1.46 bits per heavy atom. The number of aldehydes is 1. The molecule has 2 heteroatoms. The summed E-state index contributed by atoms with van der Waals surface area (Å²) in [5.41, 5.74) is 1.20. The molecule has 4 aromatic carbocycles. The first-order chi connectivity index (χ1) is 11.9. The Morgan fingerprint density at radius 3 is 2.25 bits per heavy atom. The number of benzene rings is 4. The lowest BCUT2D eigenvalue weighted by atomic mass is 9.93. The summed E-state index contributed by atoms with van der Waals surface area (Å²) in [4.78, 5) is 10.4. The zero-order valence-corrected chi connectivity index (χ0v) is 13.7. The van der Waals surface area contributed by atoms with Gasteiger partial charge in [-0.2, -0.15) is 0 Å².